The largest absolute Gasteiger partial charge is 0.465 e. The molecule has 0 radical (unpaired) electrons. The number of unbranched alkanes of at least 4 members (excludes halogenated alkanes) is 51. The summed E-state index contributed by atoms with van der Waals surface area (Å²) in [6.07, 6.45) is 80.2. The Hall–Kier alpha value is -1.40. The van der Waals surface area contributed by atoms with E-state index in [1.165, 1.54) is 321 Å². The van der Waals surface area contributed by atoms with Crippen molar-refractivity contribution >= 4 is 11.9 Å². The number of hydrogen-bond acceptors (Lipinski definition) is 6. The Morgan fingerprint density at radius 1 is 0.361 bits per heavy atom. The molecule has 1 aliphatic heterocycles. The molecule has 0 aromatic carbocycles. The van der Waals surface area contributed by atoms with Gasteiger partial charge in [-0.15, -0.1) is 0 Å². The monoisotopic (exact) mass is 1010 g/mol. The van der Waals surface area contributed by atoms with E-state index >= 15 is 0 Å². The SMILES string of the molecule is CCCCCCCCCCCCCCCCCCCCCCCCCCCCCCCCCCCCCCCCCCCCC/C=C/CCCCCCCCCCC1CC(=O)OCC(CO)(CO)COC1=O. The van der Waals surface area contributed by atoms with Gasteiger partial charge in [-0.05, 0) is 32.1 Å². The molecule has 1 aliphatic rings. The molecule has 0 aliphatic carbocycles. The second kappa shape index (κ2) is 55.8. The van der Waals surface area contributed by atoms with Gasteiger partial charge in [-0.3, -0.25) is 9.59 Å². The molecule has 1 saturated heterocycles. The van der Waals surface area contributed by atoms with Crippen LogP contribution in [-0.4, -0.2) is 48.6 Å². The third-order valence-electron chi connectivity index (χ3n) is 16.3. The van der Waals surface area contributed by atoms with E-state index < -0.39 is 36.5 Å². The molecule has 1 atom stereocenters. The number of carbonyl (C=O) groups is 2. The van der Waals surface area contributed by atoms with Crippen LogP contribution in [0.2, 0.25) is 0 Å². The van der Waals surface area contributed by atoms with E-state index in [0.29, 0.717) is 6.42 Å². The summed E-state index contributed by atoms with van der Waals surface area (Å²) >= 11 is 0. The Balaban J connectivity index is 1.68. The van der Waals surface area contributed by atoms with Gasteiger partial charge in [-0.1, -0.05) is 334 Å². The molecular formula is C66H126O6. The molecule has 6 heteroatoms. The summed E-state index contributed by atoms with van der Waals surface area (Å²) in [6, 6.07) is 0. The molecule has 0 aromatic rings. The Labute approximate surface area is 449 Å². The number of aliphatic hydroxyl groups is 2. The predicted octanol–water partition coefficient (Wildman–Crippen LogP) is 20.7. The number of aliphatic hydroxyl groups excluding tert-OH is 2. The van der Waals surface area contributed by atoms with Gasteiger partial charge in [0.15, 0.2) is 0 Å². The lowest BCUT2D eigenvalue weighted by Gasteiger charge is -2.27. The number of allylic oxidation sites excluding steroid dienone is 2. The number of carbonyl (C=O) groups excluding carboxylic acids is 2. The van der Waals surface area contributed by atoms with E-state index in [4.69, 9.17) is 9.47 Å². The molecule has 1 heterocycles. The van der Waals surface area contributed by atoms with E-state index in [2.05, 4.69) is 19.1 Å². The highest BCUT2D eigenvalue weighted by Crippen LogP contribution is 2.25. The zero-order valence-electron chi connectivity index (χ0n) is 48.5. The van der Waals surface area contributed by atoms with Crippen molar-refractivity contribution in [2.45, 2.75) is 360 Å². The first-order valence-corrected chi connectivity index (χ1v) is 32.8. The zero-order valence-corrected chi connectivity index (χ0v) is 48.5. The van der Waals surface area contributed by atoms with Crippen LogP contribution in [-0.2, 0) is 19.1 Å². The minimum Gasteiger partial charge on any atom is -0.465 e. The van der Waals surface area contributed by atoms with Gasteiger partial charge in [0.25, 0.3) is 0 Å². The van der Waals surface area contributed by atoms with Crippen molar-refractivity contribution in [3.05, 3.63) is 12.2 Å². The highest BCUT2D eigenvalue weighted by atomic mass is 16.6. The molecule has 1 unspecified atom stereocenters. The zero-order chi connectivity index (χ0) is 51.8. The van der Waals surface area contributed by atoms with Crippen LogP contribution in [0.25, 0.3) is 0 Å². The smallest absolute Gasteiger partial charge is 0.309 e. The summed E-state index contributed by atoms with van der Waals surface area (Å²) in [5.74, 6) is -1.41. The standard InChI is InChI=1S/C66H126O6/c1-2-3-4-5-6-7-8-9-10-11-12-13-14-15-16-17-18-19-20-21-22-23-24-25-26-27-28-29-30-31-32-33-34-35-36-37-38-39-40-41-42-43-44-45-46-47-48-49-50-51-52-53-54-55-56-57-63-58-64(69)71-61-66(59-67,60-68)62-72-65(63)70/h46-47,63,67-68H,2-45,48-62H2,1H3/b47-46+. The summed E-state index contributed by atoms with van der Waals surface area (Å²) in [4.78, 5) is 24.7. The van der Waals surface area contributed by atoms with Crippen molar-refractivity contribution < 1.29 is 29.3 Å². The molecule has 6 nitrogen and oxygen atoms in total. The summed E-state index contributed by atoms with van der Waals surface area (Å²) in [7, 11) is 0. The predicted molar refractivity (Wildman–Crippen MR) is 311 cm³/mol. The van der Waals surface area contributed by atoms with Gasteiger partial charge in [0.05, 0.1) is 31.0 Å². The summed E-state index contributed by atoms with van der Waals surface area (Å²) < 4.78 is 10.6. The van der Waals surface area contributed by atoms with Crippen molar-refractivity contribution in [1.82, 2.24) is 0 Å². The molecule has 0 spiro atoms. The van der Waals surface area contributed by atoms with Crippen LogP contribution in [0.1, 0.15) is 360 Å². The summed E-state index contributed by atoms with van der Waals surface area (Å²) in [5, 5.41) is 19.2. The van der Waals surface area contributed by atoms with Crippen molar-refractivity contribution in [1.29, 1.82) is 0 Å². The minimum absolute atomic E-state index is 0.0000714. The molecule has 72 heavy (non-hydrogen) atoms. The van der Waals surface area contributed by atoms with Crippen LogP contribution in [0.15, 0.2) is 12.2 Å². The van der Waals surface area contributed by atoms with Gasteiger partial charge in [0, 0.05) is 0 Å². The average molecular weight is 1020 g/mol. The highest BCUT2D eigenvalue weighted by molar-refractivity contribution is 5.80. The normalized spacial score (nSPS) is 15.2. The van der Waals surface area contributed by atoms with Gasteiger partial charge in [0.1, 0.15) is 13.2 Å². The van der Waals surface area contributed by atoms with Gasteiger partial charge in [0.2, 0.25) is 0 Å². The fraction of sp³-hybridized carbons (Fsp3) is 0.939. The van der Waals surface area contributed by atoms with Crippen LogP contribution in [0.5, 0.6) is 0 Å². The molecule has 2 N–H and O–H groups in total. The van der Waals surface area contributed by atoms with Crippen molar-refractivity contribution in [2.24, 2.45) is 11.3 Å². The van der Waals surface area contributed by atoms with E-state index in [1.807, 2.05) is 0 Å². The lowest BCUT2D eigenvalue weighted by Crippen LogP contribution is -2.40. The molecule has 0 saturated carbocycles. The van der Waals surface area contributed by atoms with Crippen molar-refractivity contribution in [3.63, 3.8) is 0 Å². The van der Waals surface area contributed by atoms with Gasteiger partial charge >= 0.3 is 11.9 Å². The molecular weight excluding hydrogens is 889 g/mol. The lowest BCUT2D eigenvalue weighted by atomic mass is 9.92. The van der Waals surface area contributed by atoms with Crippen molar-refractivity contribution in [3.8, 4) is 0 Å². The third-order valence-corrected chi connectivity index (χ3v) is 16.3. The molecule has 1 rings (SSSR count). The summed E-state index contributed by atoms with van der Waals surface area (Å²) in [6.45, 7) is 1.20. The van der Waals surface area contributed by atoms with E-state index in [9.17, 15) is 19.8 Å². The molecule has 0 bridgehead atoms. The van der Waals surface area contributed by atoms with Gasteiger partial charge in [-0.25, -0.2) is 0 Å². The molecule has 1 fully saturated rings. The van der Waals surface area contributed by atoms with Crippen LogP contribution in [0.4, 0.5) is 0 Å². The average Bonchev–Trinajstić information content (AvgIpc) is 3.45. The Morgan fingerprint density at radius 3 is 0.861 bits per heavy atom. The van der Waals surface area contributed by atoms with E-state index in [0.717, 1.165) is 19.3 Å². The number of cyclic esters (lactones) is 2. The Kier molecular flexibility index (Phi) is 53.2. The fourth-order valence-electron chi connectivity index (χ4n) is 10.9. The first kappa shape index (κ1) is 68.6. The second-order valence-electron chi connectivity index (χ2n) is 23.5. The quantitative estimate of drug-likeness (QED) is 0.0358. The Bertz CT molecular complexity index is 1130. The van der Waals surface area contributed by atoms with E-state index in [1.54, 1.807) is 0 Å². The molecule has 426 valence electrons. The third kappa shape index (κ3) is 47.1. The Morgan fingerprint density at radius 2 is 0.597 bits per heavy atom. The number of rotatable bonds is 57. The fourth-order valence-corrected chi connectivity index (χ4v) is 10.9. The first-order chi connectivity index (χ1) is 35.6. The van der Waals surface area contributed by atoms with E-state index in [-0.39, 0.29) is 19.6 Å². The number of ether oxygens (including phenoxy) is 2. The highest BCUT2D eigenvalue weighted by Gasteiger charge is 2.36. The topological polar surface area (TPSA) is 93.1 Å². The van der Waals surface area contributed by atoms with Gasteiger partial charge < -0.3 is 19.7 Å². The van der Waals surface area contributed by atoms with Crippen LogP contribution < -0.4 is 0 Å². The van der Waals surface area contributed by atoms with Crippen LogP contribution >= 0.6 is 0 Å². The second-order valence-corrected chi connectivity index (χ2v) is 23.5. The molecule has 0 amide bonds. The maximum atomic E-state index is 12.5. The van der Waals surface area contributed by atoms with Crippen molar-refractivity contribution in [2.75, 3.05) is 26.4 Å². The first-order valence-electron chi connectivity index (χ1n) is 32.8. The lowest BCUT2D eigenvalue weighted by molar-refractivity contribution is -0.155. The van der Waals surface area contributed by atoms with Crippen LogP contribution in [0.3, 0.4) is 0 Å². The minimum atomic E-state index is -1.13. The number of esters is 2. The van der Waals surface area contributed by atoms with Crippen LogP contribution in [0, 0.1) is 11.3 Å². The molecule has 0 aromatic heterocycles. The summed E-state index contributed by atoms with van der Waals surface area (Å²) in [5.41, 5.74) is -1.13. The van der Waals surface area contributed by atoms with Gasteiger partial charge in [-0.2, -0.15) is 0 Å². The maximum absolute atomic E-state index is 12.5. The maximum Gasteiger partial charge on any atom is 0.309 e. The number of hydrogen-bond donors (Lipinski definition) is 2.